The number of rotatable bonds is 7. The minimum atomic E-state index is 0. The molecule has 162 valence electrons. The van der Waals surface area contributed by atoms with Crippen LogP contribution in [0.3, 0.4) is 0 Å². The average Bonchev–Trinajstić information content (AvgIpc) is 2.72. The van der Waals surface area contributed by atoms with Crippen molar-refractivity contribution >= 4 is 53.3 Å². The van der Waals surface area contributed by atoms with Gasteiger partial charge in [0.15, 0.2) is 12.6 Å². The van der Waals surface area contributed by atoms with Crippen LogP contribution in [0.2, 0.25) is 0 Å². The third kappa shape index (κ3) is 6.94. The number of thioether (sulfide) groups is 1. The quantitative estimate of drug-likeness (QED) is 0.243. The van der Waals surface area contributed by atoms with Crippen LogP contribution < -0.4 is 20.3 Å². The first-order chi connectivity index (χ1) is 13.7. The highest BCUT2D eigenvalue weighted by Crippen LogP contribution is 2.31. The molecule has 6 nitrogen and oxygen atoms in total. The molecule has 0 bridgehead atoms. The van der Waals surface area contributed by atoms with Gasteiger partial charge in [0.25, 0.3) is 5.91 Å². The number of halogens is 1. The van der Waals surface area contributed by atoms with Crippen molar-refractivity contribution in [3.63, 3.8) is 0 Å². The molecule has 0 spiro atoms. The van der Waals surface area contributed by atoms with Crippen LogP contribution in [0.4, 0.5) is 5.69 Å². The second-order valence-corrected chi connectivity index (χ2v) is 8.42. The Balaban J connectivity index is 0.00000300. The molecule has 2 aliphatic rings. The molecule has 1 aliphatic heterocycles. The van der Waals surface area contributed by atoms with Gasteiger partial charge in [-0.2, -0.15) is 11.8 Å². The number of nitrogens with one attached hydrogen (secondary N) is 2. The smallest absolute Gasteiger partial charge is 0.265 e. The molecule has 1 aromatic rings. The van der Waals surface area contributed by atoms with E-state index in [0.29, 0.717) is 19.1 Å². The van der Waals surface area contributed by atoms with E-state index in [1.807, 2.05) is 40.9 Å². The third-order valence-corrected chi connectivity index (χ3v) is 6.36. The Labute approximate surface area is 195 Å². The van der Waals surface area contributed by atoms with Gasteiger partial charge in [-0.05, 0) is 51.0 Å². The van der Waals surface area contributed by atoms with Crippen LogP contribution in [0.25, 0.3) is 0 Å². The summed E-state index contributed by atoms with van der Waals surface area (Å²) >= 11 is 1.97. The van der Waals surface area contributed by atoms with E-state index in [9.17, 15) is 4.79 Å². The van der Waals surface area contributed by atoms with Gasteiger partial charge in [-0.3, -0.25) is 9.79 Å². The zero-order valence-corrected chi connectivity index (χ0v) is 20.5. The maximum Gasteiger partial charge on any atom is 0.265 e. The topological polar surface area (TPSA) is 66.0 Å². The Kier molecular flexibility index (Phi) is 10.4. The second-order valence-electron chi connectivity index (χ2n) is 7.28. The molecule has 2 unspecified atom stereocenters. The van der Waals surface area contributed by atoms with Crippen molar-refractivity contribution in [3.8, 4) is 5.75 Å². The first kappa shape index (κ1) is 24.1. The number of carbonyl (C=O) groups is 1. The summed E-state index contributed by atoms with van der Waals surface area (Å²) in [6, 6.07) is 8.21. The number of amides is 1. The summed E-state index contributed by atoms with van der Waals surface area (Å²) < 4.78 is 5.50. The van der Waals surface area contributed by atoms with Crippen LogP contribution in [0.15, 0.2) is 29.3 Å². The average molecular weight is 532 g/mol. The van der Waals surface area contributed by atoms with Crippen molar-refractivity contribution < 1.29 is 9.53 Å². The molecule has 0 saturated heterocycles. The van der Waals surface area contributed by atoms with Gasteiger partial charge in [-0.25, -0.2) is 0 Å². The van der Waals surface area contributed by atoms with Crippen LogP contribution in [-0.2, 0) is 4.79 Å². The first-order valence-corrected chi connectivity index (χ1v) is 11.6. The molecular weight excluding hydrogens is 499 g/mol. The lowest BCUT2D eigenvalue weighted by molar-refractivity contribution is -0.121. The van der Waals surface area contributed by atoms with E-state index in [4.69, 9.17) is 9.73 Å². The first-order valence-electron chi connectivity index (χ1n) is 10.3. The summed E-state index contributed by atoms with van der Waals surface area (Å²) in [6.45, 7) is 4.38. The van der Waals surface area contributed by atoms with E-state index in [0.717, 1.165) is 35.6 Å². The molecule has 1 heterocycles. The summed E-state index contributed by atoms with van der Waals surface area (Å²) in [5, 5.41) is 7.72. The van der Waals surface area contributed by atoms with E-state index >= 15 is 0 Å². The third-order valence-electron chi connectivity index (χ3n) is 5.26. The molecule has 1 saturated carbocycles. The maximum absolute atomic E-state index is 12.2. The zero-order chi connectivity index (χ0) is 19.8. The number of aliphatic imine (C=N–C) groups is 1. The fraction of sp³-hybridized carbons (Fsp3) is 0.619. The molecule has 3 rings (SSSR count). The zero-order valence-electron chi connectivity index (χ0n) is 17.4. The molecule has 1 fully saturated rings. The Morgan fingerprint density at radius 1 is 1.34 bits per heavy atom. The van der Waals surface area contributed by atoms with Gasteiger partial charge in [-0.1, -0.05) is 18.6 Å². The summed E-state index contributed by atoms with van der Waals surface area (Å²) in [5.74, 6) is 1.68. The standard InChI is InChI=1S/C21H32N4O2S.HI/c1-3-22-21(24-16-8-6-9-17(14-16)28-2)23-12-7-13-25-18-10-4-5-11-19(18)27-15-20(25)26;/h4-5,10-11,16-17H,3,6-9,12-15H2,1-2H3,(H2,22,23,24);1H. The van der Waals surface area contributed by atoms with E-state index in [-0.39, 0.29) is 36.5 Å². The van der Waals surface area contributed by atoms with Crippen molar-refractivity contribution in [3.05, 3.63) is 24.3 Å². The molecular formula is C21H33IN4O2S. The van der Waals surface area contributed by atoms with Gasteiger partial charge in [0.05, 0.1) is 5.69 Å². The fourth-order valence-electron chi connectivity index (χ4n) is 3.82. The number of benzene rings is 1. The van der Waals surface area contributed by atoms with Gasteiger partial charge in [0.2, 0.25) is 0 Å². The molecule has 0 radical (unpaired) electrons. The number of hydrogen-bond donors (Lipinski definition) is 2. The molecule has 29 heavy (non-hydrogen) atoms. The molecule has 2 atom stereocenters. The highest BCUT2D eigenvalue weighted by atomic mass is 127. The van der Waals surface area contributed by atoms with Crippen LogP contribution in [0.1, 0.15) is 39.0 Å². The van der Waals surface area contributed by atoms with Gasteiger partial charge in [0.1, 0.15) is 5.75 Å². The molecule has 0 aromatic heterocycles. The summed E-state index contributed by atoms with van der Waals surface area (Å²) in [4.78, 5) is 18.8. The lowest BCUT2D eigenvalue weighted by atomic mass is 9.95. The van der Waals surface area contributed by atoms with Crippen LogP contribution in [0.5, 0.6) is 5.75 Å². The minimum Gasteiger partial charge on any atom is -0.482 e. The molecule has 1 amide bonds. The van der Waals surface area contributed by atoms with Crippen molar-refractivity contribution in [2.75, 3.05) is 37.4 Å². The van der Waals surface area contributed by atoms with Crippen molar-refractivity contribution in [2.45, 2.75) is 50.3 Å². The van der Waals surface area contributed by atoms with Crippen molar-refractivity contribution in [1.29, 1.82) is 0 Å². The number of guanidine groups is 1. The van der Waals surface area contributed by atoms with E-state index < -0.39 is 0 Å². The van der Waals surface area contributed by atoms with Gasteiger partial charge in [-0.15, -0.1) is 24.0 Å². The van der Waals surface area contributed by atoms with Crippen LogP contribution in [0, 0.1) is 0 Å². The van der Waals surface area contributed by atoms with E-state index in [2.05, 4.69) is 23.8 Å². The predicted molar refractivity (Wildman–Crippen MR) is 133 cm³/mol. The number of hydrogen-bond acceptors (Lipinski definition) is 4. The van der Waals surface area contributed by atoms with Gasteiger partial charge >= 0.3 is 0 Å². The number of anilines is 1. The van der Waals surface area contributed by atoms with Crippen LogP contribution >= 0.6 is 35.7 Å². The molecule has 1 aliphatic carbocycles. The largest absolute Gasteiger partial charge is 0.482 e. The number of ether oxygens (including phenoxy) is 1. The predicted octanol–water partition coefficient (Wildman–Crippen LogP) is 3.65. The minimum absolute atomic E-state index is 0. The normalized spacial score (nSPS) is 21.7. The second kappa shape index (κ2) is 12.5. The molecule has 2 N–H and O–H groups in total. The van der Waals surface area contributed by atoms with E-state index in [1.54, 1.807) is 0 Å². The Hall–Kier alpha value is -1.16. The Morgan fingerprint density at radius 2 is 2.17 bits per heavy atom. The highest BCUT2D eigenvalue weighted by Gasteiger charge is 2.24. The van der Waals surface area contributed by atoms with Crippen molar-refractivity contribution in [2.24, 2.45) is 4.99 Å². The fourth-order valence-corrected chi connectivity index (χ4v) is 4.65. The summed E-state index contributed by atoms with van der Waals surface area (Å²) in [7, 11) is 0. The number of fused-ring (bicyclic) bond motifs is 1. The monoisotopic (exact) mass is 532 g/mol. The Bertz CT molecular complexity index is 688. The lowest BCUT2D eigenvalue weighted by Gasteiger charge is -2.30. The highest BCUT2D eigenvalue weighted by molar-refractivity contribution is 14.0. The van der Waals surface area contributed by atoms with Crippen molar-refractivity contribution in [1.82, 2.24) is 10.6 Å². The SMILES string of the molecule is CCNC(=NCCCN1C(=O)COc2ccccc21)NC1CCCC(SC)C1.I. The molecule has 8 heteroatoms. The number of para-hydroxylation sites is 2. The van der Waals surface area contributed by atoms with Crippen LogP contribution in [-0.4, -0.2) is 55.7 Å². The maximum atomic E-state index is 12.2. The molecule has 1 aromatic carbocycles. The van der Waals surface area contributed by atoms with E-state index in [1.165, 1.54) is 25.7 Å². The van der Waals surface area contributed by atoms with Gasteiger partial charge in [0, 0.05) is 30.9 Å². The number of nitrogens with zero attached hydrogens (tertiary/aromatic N) is 2. The van der Waals surface area contributed by atoms with Gasteiger partial charge < -0.3 is 20.3 Å². The number of carbonyl (C=O) groups excluding carboxylic acids is 1. The summed E-state index contributed by atoms with van der Waals surface area (Å²) in [6.07, 6.45) is 8.03. The summed E-state index contributed by atoms with van der Waals surface area (Å²) in [5.41, 5.74) is 0.859. The lowest BCUT2D eigenvalue weighted by Crippen LogP contribution is -2.45. The Morgan fingerprint density at radius 3 is 2.97 bits per heavy atom.